The van der Waals surface area contributed by atoms with E-state index in [0.29, 0.717) is 54.3 Å². The molecule has 2 aromatic carbocycles. The first-order valence-corrected chi connectivity index (χ1v) is 9.68. The van der Waals surface area contributed by atoms with E-state index in [2.05, 4.69) is 15.6 Å². The molecule has 0 aliphatic heterocycles. The number of anilines is 1. The molecule has 0 aliphatic rings. The van der Waals surface area contributed by atoms with Gasteiger partial charge in [0.2, 0.25) is 5.75 Å². The van der Waals surface area contributed by atoms with Crippen molar-refractivity contribution in [2.45, 2.75) is 13.3 Å². The van der Waals surface area contributed by atoms with Gasteiger partial charge in [0.05, 0.1) is 35.0 Å². The number of nitrogens with one attached hydrogen (secondary N) is 2. The van der Waals surface area contributed by atoms with E-state index in [9.17, 15) is 0 Å². The maximum atomic E-state index is 5.56. The van der Waals surface area contributed by atoms with Gasteiger partial charge >= 0.3 is 0 Å². The highest BCUT2D eigenvalue weighted by Crippen LogP contribution is 2.39. The summed E-state index contributed by atoms with van der Waals surface area (Å²) in [5, 5.41) is 6.56. The molecule has 9 heteroatoms. The van der Waals surface area contributed by atoms with Crippen LogP contribution in [-0.2, 0) is 6.42 Å². The topological polar surface area (TPSA) is 82.6 Å². The standard InChI is InChI=1S/C22H31N3O5.HI/c1-7-30-17-11-9-16(14-19(17)27-4)25-22(23-2)24-13-12-15-8-10-18(26-3)21(29-6)20(15)28-5;/h8-11,14H,7,12-13H2,1-6H3,(H2,23,24,25);1H. The Morgan fingerprint density at radius 1 is 0.871 bits per heavy atom. The number of hydrogen-bond acceptors (Lipinski definition) is 6. The lowest BCUT2D eigenvalue weighted by atomic mass is 10.1. The number of rotatable bonds is 10. The average Bonchev–Trinajstić information content (AvgIpc) is 2.78. The Morgan fingerprint density at radius 3 is 2.13 bits per heavy atom. The number of guanidine groups is 1. The minimum absolute atomic E-state index is 0. The van der Waals surface area contributed by atoms with Gasteiger partial charge in [-0.3, -0.25) is 4.99 Å². The summed E-state index contributed by atoms with van der Waals surface area (Å²) < 4.78 is 27.3. The molecule has 0 saturated carbocycles. The van der Waals surface area contributed by atoms with E-state index in [-0.39, 0.29) is 24.0 Å². The fourth-order valence-corrected chi connectivity index (χ4v) is 3.01. The first kappa shape index (κ1) is 26.5. The van der Waals surface area contributed by atoms with Crippen molar-refractivity contribution in [1.29, 1.82) is 0 Å². The molecule has 0 bridgehead atoms. The van der Waals surface area contributed by atoms with E-state index in [0.717, 1.165) is 11.3 Å². The van der Waals surface area contributed by atoms with Gasteiger partial charge in [0.1, 0.15) is 0 Å². The molecule has 0 saturated heterocycles. The van der Waals surface area contributed by atoms with Gasteiger partial charge in [-0.1, -0.05) is 6.07 Å². The van der Waals surface area contributed by atoms with Crippen molar-refractivity contribution in [3.05, 3.63) is 35.9 Å². The van der Waals surface area contributed by atoms with Gasteiger partial charge in [-0.05, 0) is 31.5 Å². The summed E-state index contributed by atoms with van der Waals surface area (Å²) in [4.78, 5) is 4.28. The van der Waals surface area contributed by atoms with Gasteiger partial charge in [0, 0.05) is 30.9 Å². The van der Waals surface area contributed by atoms with Gasteiger partial charge in [0.15, 0.2) is 29.0 Å². The third kappa shape index (κ3) is 6.98. The molecule has 0 atom stereocenters. The summed E-state index contributed by atoms with van der Waals surface area (Å²) in [7, 11) is 8.15. The number of methoxy groups -OCH3 is 4. The molecule has 2 rings (SSSR count). The Kier molecular flexibility index (Phi) is 11.7. The van der Waals surface area contributed by atoms with Crippen molar-refractivity contribution >= 4 is 35.6 Å². The van der Waals surface area contributed by atoms with Crippen LogP contribution in [-0.4, -0.2) is 54.6 Å². The van der Waals surface area contributed by atoms with Crippen LogP contribution < -0.4 is 34.3 Å². The summed E-state index contributed by atoms with van der Waals surface area (Å²) in [6.07, 6.45) is 0.705. The summed E-state index contributed by atoms with van der Waals surface area (Å²) in [6.45, 7) is 3.15. The SMILES string of the molecule is CCOc1ccc(NC(=NC)NCCc2ccc(OC)c(OC)c2OC)cc1OC.I. The number of halogens is 1. The fourth-order valence-electron chi connectivity index (χ4n) is 3.01. The summed E-state index contributed by atoms with van der Waals surface area (Å²) in [6, 6.07) is 9.49. The van der Waals surface area contributed by atoms with Gasteiger partial charge in [-0.2, -0.15) is 0 Å². The quantitative estimate of drug-likeness (QED) is 0.266. The lowest BCUT2D eigenvalue weighted by Crippen LogP contribution is -2.32. The Bertz CT molecular complexity index is 861. The van der Waals surface area contributed by atoms with Crippen molar-refractivity contribution in [3.63, 3.8) is 0 Å². The first-order chi connectivity index (χ1) is 14.6. The zero-order valence-electron chi connectivity index (χ0n) is 18.9. The lowest BCUT2D eigenvalue weighted by molar-refractivity contribution is 0.311. The van der Waals surface area contributed by atoms with Crippen LogP contribution in [0, 0.1) is 0 Å². The molecular formula is C22H32IN3O5. The molecule has 0 amide bonds. The second-order valence-corrected chi connectivity index (χ2v) is 6.17. The molecule has 2 aromatic rings. The molecule has 172 valence electrons. The molecule has 0 unspecified atom stereocenters. The Labute approximate surface area is 201 Å². The number of nitrogens with zero attached hydrogens (tertiary/aromatic N) is 1. The first-order valence-electron chi connectivity index (χ1n) is 9.68. The summed E-state index contributed by atoms with van der Waals surface area (Å²) in [5.41, 5.74) is 1.84. The third-order valence-corrected chi connectivity index (χ3v) is 4.42. The van der Waals surface area contributed by atoms with Crippen molar-refractivity contribution in [2.75, 3.05) is 54.0 Å². The second-order valence-electron chi connectivity index (χ2n) is 6.17. The molecule has 0 aliphatic carbocycles. The Morgan fingerprint density at radius 2 is 1.55 bits per heavy atom. The van der Waals surface area contributed by atoms with Gasteiger partial charge < -0.3 is 34.3 Å². The molecule has 0 fully saturated rings. The van der Waals surface area contributed by atoms with Crippen LogP contribution in [0.2, 0.25) is 0 Å². The van der Waals surface area contributed by atoms with Crippen LogP contribution >= 0.6 is 24.0 Å². The number of aliphatic imine (C=N–C) groups is 1. The van der Waals surface area contributed by atoms with Crippen molar-refractivity contribution in [1.82, 2.24) is 5.32 Å². The maximum absolute atomic E-state index is 5.56. The minimum Gasteiger partial charge on any atom is -0.493 e. The molecule has 31 heavy (non-hydrogen) atoms. The maximum Gasteiger partial charge on any atom is 0.203 e. The normalized spacial score (nSPS) is 10.6. The molecule has 0 heterocycles. The zero-order chi connectivity index (χ0) is 21.9. The van der Waals surface area contributed by atoms with E-state index in [1.54, 1.807) is 35.5 Å². The van der Waals surface area contributed by atoms with Crippen LogP contribution in [0.15, 0.2) is 35.3 Å². The van der Waals surface area contributed by atoms with Crippen LogP contribution in [0.4, 0.5) is 5.69 Å². The number of ether oxygens (including phenoxy) is 5. The summed E-state index contributed by atoms with van der Waals surface area (Å²) in [5.74, 6) is 3.88. The Hall–Kier alpha value is -2.56. The highest BCUT2D eigenvalue weighted by atomic mass is 127. The van der Waals surface area contributed by atoms with E-state index in [1.165, 1.54) is 0 Å². The predicted molar refractivity (Wildman–Crippen MR) is 134 cm³/mol. The highest BCUT2D eigenvalue weighted by molar-refractivity contribution is 14.0. The van der Waals surface area contributed by atoms with Crippen LogP contribution in [0.5, 0.6) is 28.7 Å². The number of hydrogen-bond donors (Lipinski definition) is 2. The van der Waals surface area contributed by atoms with Crippen molar-refractivity contribution in [3.8, 4) is 28.7 Å². The lowest BCUT2D eigenvalue weighted by Gasteiger charge is -2.17. The van der Waals surface area contributed by atoms with Gasteiger partial charge in [-0.15, -0.1) is 24.0 Å². The van der Waals surface area contributed by atoms with Gasteiger partial charge in [0.25, 0.3) is 0 Å². The van der Waals surface area contributed by atoms with Gasteiger partial charge in [-0.25, -0.2) is 0 Å². The molecule has 8 nitrogen and oxygen atoms in total. The Balaban J connectivity index is 0.00000480. The van der Waals surface area contributed by atoms with E-state index in [4.69, 9.17) is 23.7 Å². The van der Waals surface area contributed by atoms with Crippen molar-refractivity contribution in [2.24, 2.45) is 4.99 Å². The molecule has 2 N–H and O–H groups in total. The second kappa shape index (κ2) is 13.7. The summed E-state index contributed by atoms with van der Waals surface area (Å²) >= 11 is 0. The van der Waals surface area contributed by atoms with Crippen molar-refractivity contribution < 1.29 is 23.7 Å². The molecule has 0 spiro atoms. The third-order valence-electron chi connectivity index (χ3n) is 4.42. The minimum atomic E-state index is 0. The van der Waals surface area contributed by atoms with E-state index >= 15 is 0 Å². The van der Waals surface area contributed by atoms with Crippen LogP contribution in [0.3, 0.4) is 0 Å². The average molecular weight is 545 g/mol. The fraction of sp³-hybridized carbons (Fsp3) is 0.409. The van der Waals surface area contributed by atoms with Crippen LogP contribution in [0.1, 0.15) is 12.5 Å². The largest absolute Gasteiger partial charge is 0.493 e. The molecule has 0 aromatic heterocycles. The van der Waals surface area contributed by atoms with Crippen LogP contribution in [0.25, 0.3) is 0 Å². The van der Waals surface area contributed by atoms with E-state index in [1.807, 2.05) is 37.3 Å². The number of benzene rings is 2. The smallest absolute Gasteiger partial charge is 0.203 e. The highest BCUT2D eigenvalue weighted by Gasteiger charge is 2.15. The predicted octanol–water partition coefficient (Wildman–Crippen LogP) is 3.97. The molecule has 0 radical (unpaired) electrons. The monoisotopic (exact) mass is 545 g/mol. The molecular weight excluding hydrogens is 513 g/mol. The van der Waals surface area contributed by atoms with E-state index < -0.39 is 0 Å². The zero-order valence-corrected chi connectivity index (χ0v) is 21.2.